The monoisotopic (exact) mass is 478 g/mol. The summed E-state index contributed by atoms with van der Waals surface area (Å²) in [6, 6.07) is 4.36. The number of hydrogen-bond acceptors (Lipinski definition) is 5. The van der Waals surface area contributed by atoms with Gasteiger partial charge in [0, 0.05) is 42.0 Å². The van der Waals surface area contributed by atoms with Crippen LogP contribution in [-0.4, -0.2) is 49.7 Å². The van der Waals surface area contributed by atoms with Crippen LogP contribution < -0.4 is 5.32 Å². The Bertz CT molecular complexity index is 1270. The van der Waals surface area contributed by atoms with Crippen molar-refractivity contribution in [3.05, 3.63) is 40.7 Å². The van der Waals surface area contributed by atoms with Gasteiger partial charge in [-0.3, -0.25) is 0 Å². The summed E-state index contributed by atoms with van der Waals surface area (Å²) < 4.78 is 41.3. The van der Waals surface area contributed by atoms with Gasteiger partial charge in [-0.1, -0.05) is 17.7 Å². The number of alkyl halides is 3. The molecule has 4 rings (SSSR count). The van der Waals surface area contributed by atoms with Gasteiger partial charge in [0.1, 0.15) is 11.6 Å². The Hall–Kier alpha value is -3.52. The highest BCUT2D eigenvalue weighted by Crippen LogP contribution is 2.40. The third-order valence-electron chi connectivity index (χ3n) is 5.72. The predicted molar refractivity (Wildman–Crippen MR) is 115 cm³/mol. The molecule has 1 aliphatic heterocycles. The van der Waals surface area contributed by atoms with Crippen molar-refractivity contribution in [1.29, 1.82) is 5.26 Å². The van der Waals surface area contributed by atoms with Crippen molar-refractivity contribution >= 4 is 34.5 Å². The first-order valence-electron chi connectivity index (χ1n) is 10.0. The number of carbonyl (C=O) groups is 1. The number of aromatic nitrogens is 3. The lowest BCUT2D eigenvalue weighted by Crippen LogP contribution is -2.49. The molecule has 2 aromatic heterocycles. The first-order chi connectivity index (χ1) is 15.6. The van der Waals surface area contributed by atoms with E-state index < -0.39 is 17.8 Å². The second-order valence-corrected chi connectivity index (χ2v) is 8.20. The van der Waals surface area contributed by atoms with Crippen LogP contribution >= 0.6 is 11.6 Å². The van der Waals surface area contributed by atoms with Crippen LogP contribution in [0.3, 0.4) is 0 Å². The molecule has 3 heterocycles. The van der Waals surface area contributed by atoms with Gasteiger partial charge in [-0.25, -0.2) is 14.8 Å². The first kappa shape index (κ1) is 22.7. The topological polar surface area (TPSA) is 118 Å². The number of fused-ring (bicyclic) bond motifs is 1. The number of benzene rings is 1. The molecule has 3 aromatic rings. The minimum Gasteiger partial charge on any atom is -0.465 e. The van der Waals surface area contributed by atoms with Crippen LogP contribution in [0, 0.1) is 11.3 Å². The third kappa shape index (κ3) is 4.26. The molecule has 1 saturated heterocycles. The van der Waals surface area contributed by atoms with Gasteiger partial charge in [-0.2, -0.15) is 18.4 Å². The van der Waals surface area contributed by atoms with Gasteiger partial charge in [-0.15, -0.1) is 0 Å². The number of H-pyrrole nitrogens is 1. The summed E-state index contributed by atoms with van der Waals surface area (Å²) >= 11 is 6.21. The van der Waals surface area contributed by atoms with Crippen molar-refractivity contribution in [2.75, 3.05) is 11.9 Å². The molecule has 2 atom stereocenters. The first-order valence-corrected chi connectivity index (χ1v) is 10.4. The summed E-state index contributed by atoms with van der Waals surface area (Å²) in [5.74, 6) is -0.0445. The molecule has 3 N–H and O–H groups in total. The van der Waals surface area contributed by atoms with E-state index in [1.165, 1.54) is 23.2 Å². The molecular formula is C21H18ClF3N6O2. The highest BCUT2D eigenvalue weighted by atomic mass is 35.5. The lowest BCUT2D eigenvalue weighted by atomic mass is 10.00. The van der Waals surface area contributed by atoms with E-state index in [9.17, 15) is 23.1 Å². The van der Waals surface area contributed by atoms with Gasteiger partial charge >= 0.3 is 12.3 Å². The van der Waals surface area contributed by atoms with Crippen molar-refractivity contribution in [3.8, 4) is 17.3 Å². The lowest BCUT2D eigenvalue weighted by Gasteiger charge is -2.36. The SMILES string of the molecule is C[C@H]1CC[C@H](Nc2ncc(C(F)(F)F)c(-c3c[nH]c4c(Cl)c(C#N)ccc34)n2)CN1C(=O)O. The largest absolute Gasteiger partial charge is 0.465 e. The molecule has 172 valence electrons. The van der Waals surface area contributed by atoms with E-state index in [0.29, 0.717) is 29.9 Å². The standard InChI is InChI=1S/C21H18ClF3N6O2/c1-10-2-4-12(9-31(10)20(32)33)29-19-28-8-15(21(23,24)25)17(30-19)14-7-27-18-13(14)5-3-11(6-26)16(18)22/h3,5,7-8,10,12,27H,2,4,9H2,1H3,(H,32,33)(H,28,29,30)/t10-,12-/m0/s1. The summed E-state index contributed by atoms with van der Waals surface area (Å²) in [5, 5.41) is 22.0. The average Bonchev–Trinajstić information content (AvgIpc) is 3.19. The maximum atomic E-state index is 13.8. The average molecular weight is 479 g/mol. The fraction of sp³-hybridized carbons (Fsp3) is 0.333. The molecule has 0 spiro atoms. The highest BCUT2D eigenvalue weighted by molar-refractivity contribution is 6.36. The number of rotatable bonds is 3. The van der Waals surface area contributed by atoms with Crippen molar-refractivity contribution < 1.29 is 23.1 Å². The summed E-state index contributed by atoms with van der Waals surface area (Å²) in [4.78, 5) is 23.5. The Morgan fingerprint density at radius 1 is 1.39 bits per heavy atom. The molecule has 0 bridgehead atoms. The van der Waals surface area contributed by atoms with Gasteiger partial charge in [0.2, 0.25) is 5.95 Å². The number of anilines is 1. The third-order valence-corrected chi connectivity index (χ3v) is 6.12. The van der Waals surface area contributed by atoms with Crippen LogP contribution in [0.2, 0.25) is 5.02 Å². The van der Waals surface area contributed by atoms with Crippen LogP contribution in [0.15, 0.2) is 24.5 Å². The van der Waals surface area contributed by atoms with Gasteiger partial charge in [-0.05, 0) is 25.8 Å². The molecule has 1 fully saturated rings. The molecule has 0 saturated carbocycles. The van der Waals surface area contributed by atoms with Gasteiger partial charge in [0.25, 0.3) is 0 Å². The van der Waals surface area contributed by atoms with Gasteiger partial charge < -0.3 is 20.3 Å². The van der Waals surface area contributed by atoms with E-state index in [4.69, 9.17) is 16.9 Å². The molecule has 0 unspecified atom stereocenters. The lowest BCUT2D eigenvalue weighted by molar-refractivity contribution is -0.137. The smallest absolute Gasteiger partial charge is 0.419 e. The maximum Gasteiger partial charge on any atom is 0.419 e. The maximum absolute atomic E-state index is 13.8. The zero-order valence-electron chi connectivity index (χ0n) is 17.2. The Balaban J connectivity index is 1.75. The summed E-state index contributed by atoms with van der Waals surface area (Å²) in [5.41, 5.74) is -0.720. The van der Waals surface area contributed by atoms with E-state index in [0.717, 1.165) is 0 Å². The zero-order chi connectivity index (χ0) is 23.9. The van der Waals surface area contributed by atoms with Gasteiger partial charge in [0.15, 0.2) is 0 Å². The number of hydrogen-bond donors (Lipinski definition) is 3. The molecule has 1 amide bonds. The fourth-order valence-corrected chi connectivity index (χ4v) is 4.25. The molecule has 12 heteroatoms. The zero-order valence-corrected chi connectivity index (χ0v) is 18.0. The summed E-state index contributed by atoms with van der Waals surface area (Å²) in [7, 11) is 0. The van der Waals surface area contributed by atoms with Crippen molar-refractivity contribution in [2.24, 2.45) is 0 Å². The Labute approximate surface area is 191 Å². The number of nitriles is 1. The molecule has 1 aromatic carbocycles. The van der Waals surface area contributed by atoms with Crippen LogP contribution in [0.5, 0.6) is 0 Å². The number of carboxylic acid groups (broad SMARTS) is 1. The Morgan fingerprint density at radius 2 is 2.15 bits per heavy atom. The van der Waals surface area contributed by atoms with Crippen LogP contribution in [0.25, 0.3) is 22.2 Å². The molecule has 8 nitrogen and oxygen atoms in total. The minimum absolute atomic E-state index is 0.0445. The number of aromatic amines is 1. The number of piperidine rings is 1. The number of amides is 1. The predicted octanol–water partition coefficient (Wildman–Crippen LogP) is 5.11. The second kappa shape index (κ2) is 8.44. The highest BCUT2D eigenvalue weighted by Gasteiger charge is 2.36. The van der Waals surface area contributed by atoms with Gasteiger partial charge in [0.05, 0.1) is 21.8 Å². The molecule has 0 radical (unpaired) electrons. The quantitative estimate of drug-likeness (QED) is 0.481. The van der Waals surface area contributed by atoms with E-state index in [-0.39, 0.29) is 46.4 Å². The van der Waals surface area contributed by atoms with E-state index in [1.807, 2.05) is 6.07 Å². The van der Waals surface area contributed by atoms with E-state index in [2.05, 4.69) is 20.3 Å². The fourth-order valence-electron chi connectivity index (χ4n) is 3.98. The van der Waals surface area contributed by atoms with E-state index in [1.54, 1.807) is 6.92 Å². The summed E-state index contributed by atoms with van der Waals surface area (Å²) in [6.07, 6.45) is -2.50. The van der Waals surface area contributed by atoms with Crippen molar-refractivity contribution in [2.45, 2.75) is 38.0 Å². The van der Waals surface area contributed by atoms with E-state index >= 15 is 0 Å². The number of halogens is 4. The van der Waals surface area contributed by atoms with Crippen LogP contribution in [-0.2, 0) is 6.18 Å². The minimum atomic E-state index is -4.71. The Morgan fingerprint density at radius 3 is 2.82 bits per heavy atom. The molecule has 33 heavy (non-hydrogen) atoms. The number of likely N-dealkylation sites (tertiary alicyclic amines) is 1. The van der Waals surface area contributed by atoms with Crippen LogP contribution in [0.1, 0.15) is 30.9 Å². The Kier molecular flexibility index (Phi) is 5.80. The number of nitrogens with one attached hydrogen (secondary N) is 2. The number of nitrogens with zero attached hydrogens (tertiary/aromatic N) is 4. The second-order valence-electron chi connectivity index (χ2n) is 7.82. The molecular weight excluding hydrogens is 461 g/mol. The molecule has 0 aliphatic carbocycles. The van der Waals surface area contributed by atoms with Crippen molar-refractivity contribution in [3.63, 3.8) is 0 Å². The normalized spacial score (nSPS) is 18.8. The summed E-state index contributed by atoms with van der Waals surface area (Å²) in [6.45, 7) is 1.97. The van der Waals surface area contributed by atoms with Crippen molar-refractivity contribution in [1.82, 2.24) is 19.9 Å². The molecule has 1 aliphatic rings. The van der Waals surface area contributed by atoms with Crippen LogP contribution in [0.4, 0.5) is 23.9 Å².